The van der Waals surface area contributed by atoms with Crippen LogP contribution in [-0.2, 0) is 17.0 Å². The lowest BCUT2D eigenvalue weighted by molar-refractivity contribution is 0.0743. The van der Waals surface area contributed by atoms with Gasteiger partial charge in [0.25, 0.3) is 5.56 Å². The van der Waals surface area contributed by atoms with Gasteiger partial charge in [-0.05, 0) is 44.5 Å². The van der Waals surface area contributed by atoms with Gasteiger partial charge in [0.05, 0.1) is 33.0 Å². The minimum absolute atomic E-state index is 0.00643. The lowest BCUT2D eigenvalue weighted by Gasteiger charge is -2.13. The first kappa shape index (κ1) is 20.1. The first-order valence-corrected chi connectivity index (χ1v) is 11.5. The molecule has 4 aromatic rings. The lowest BCUT2D eigenvalue weighted by Crippen LogP contribution is -2.24. The van der Waals surface area contributed by atoms with Crippen molar-refractivity contribution in [3.8, 4) is 0 Å². The maximum absolute atomic E-state index is 13.1. The Morgan fingerprint density at radius 3 is 2.62 bits per heavy atom. The van der Waals surface area contributed by atoms with Crippen LogP contribution in [0, 0.1) is 0 Å². The smallest absolute Gasteiger partial charge is 0.262 e. The molecule has 2 aromatic carbocycles. The predicted molar refractivity (Wildman–Crippen MR) is 121 cm³/mol. The molecule has 0 saturated heterocycles. The molecule has 0 saturated carbocycles. The van der Waals surface area contributed by atoms with Gasteiger partial charge in [-0.2, -0.15) is 0 Å². The number of aromatic nitrogens is 3. The van der Waals surface area contributed by atoms with Gasteiger partial charge in [0.2, 0.25) is 0 Å². The van der Waals surface area contributed by atoms with Crippen LogP contribution in [0.15, 0.2) is 58.5 Å². The number of ether oxygens (including phenoxy) is 1. The van der Waals surface area contributed by atoms with Gasteiger partial charge in [-0.3, -0.25) is 9.36 Å². The van der Waals surface area contributed by atoms with Crippen LogP contribution < -0.4 is 5.56 Å². The van der Waals surface area contributed by atoms with E-state index in [1.165, 1.54) is 4.70 Å². The zero-order valence-corrected chi connectivity index (χ0v) is 18.1. The van der Waals surface area contributed by atoms with E-state index in [1.807, 2.05) is 56.3 Å². The molecular weight excluding hydrogens is 402 g/mol. The van der Waals surface area contributed by atoms with E-state index < -0.39 is 0 Å². The summed E-state index contributed by atoms with van der Waals surface area (Å²) in [6, 6.07) is 15.7. The summed E-state index contributed by atoms with van der Waals surface area (Å²) >= 11 is 3.26. The molecule has 150 valence electrons. The van der Waals surface area contributed by atoms with E-state index in [2.05, 4.69) is 6.07 Å². The fourth-order valence-corrected chi connectivity index (χ4v) is 5.09. The molecule has 0 aliphatic heterocycles. The fraction of sp³-hybridized carbons (Fsp3) is 0.318. The summed E-state index contributed by atoms with van der Waals surface area (Å²) in [7, 11) is 0. The molecule has 7 heteroatoms. The average Bonchev–Trinajstić information content (AvgIpc) is 3.14. The minimum Gasteiger partial charge on any atom is -0.379 e. The van der Waals surface area contributed by atoms with E-state index in [4.69, 9.17) is 14.7 Å². The molecule has 0 aliphatic carbocycles. The van der Waals surface area contributed by atoms with Gasteiger partial charge < -0.3 is 4.74 Å². The molecule has 2 heterocycles. The Balaban J connectivity index is 1.60. The van der Waals surface area contributed by atoms with Crippen LogP contribution >= 0.6 is 23.1 Å². The minimum atomic E-state index is 0.00643. The molecule has 0 radical (unpaired) electrons. The third-order valence-electron chi connectivity index (χ3n) is 4.47. The van der Waals surface area contributed by atoms with E-state index in [0.29, 0.717) is 24.3 Å². The molecule has 29 heavy (non-hydrogen) atoms. The monoisotopic (exact) mass is 425 g/mol. The van der Waals surface area contributed by atoms with Crippen molar-refractivity contribution in [1.82, 2.24) is 14.5 Å². The summed E-state index contributed by atoms with van der Waals surface area (Å²) in [6.45, 7) is 5.25. The molecule has 0 atom stereocenters. The second kappa shape index (κ2) is 9.07. The van der Waals surface area contributed by atoms with Gasteiger partial charge in [0.1, 0.15) is 5.01 Å². The molecule has 0 fully saturated rings. The fourth-order valence-electron chi connectivity index (χ4n) is 3.10. The average molecular weight is 426 g/mol. The summed E-state index contributed by atoms with van der Waals surface area (Å²) < 4.78 is 8.60. The second-order valence-electron chi connectivity index (χ2n) is 7.01. The Hall–Kier alpha value is -2.22. The predicted octanol–water partition coefficient (Wildman–Crippen LogP) is 5.11. The highest BCUT2D eigenvalue weighted by Gasteiger charge is 2.13. The zero-order chi connectivity index (χ0) is 20.2. The quantitative estimate of drug-likeness (QED) is 0.223. The highest BCUT2D eigenvalue weighted by atomic mass is 32.2. The Morgan fingerprint density at radius 1 is 1.07 bits per heavy atom. The summed E-state index contributed by atoms with van der Waals surface area (Å²) in [6.07, 6.45) is 0.960. The third-order valence-corrected chi connectivity index (χ3v) is 6.67. The highest BCUT2D eigenvalue weighted by Crippen LogP contribution is 2.28. The number of hydrogen-bond acceptors (Lipinski definition) is 6. The summed E-state index contributed by atoms with van der Waals surface area (Å²) in [5.74, 6) is 0.687. The van der Waals surface area contributed by atoms with Crippen molar-refractivity contribution in [2.45, 2.75) is 43.8 Å². The van der Waals surface area contributed by atoms with Gasteiger partial charge in [-0.25, -0.2) is 9.97 Å². The van der Waals surface area contributed by atoms with E-state index >= 15 is 0 Å². The first-order chi connectivity index (χ1) is 14.1. The number of nitrogens with zero attached hydrogens (tertiary/aromatic N) is 3. The molecule has 0 aliphatic rings. The summed E-state index contributed by atoms with van der Waals surface area (Å²) in [5, 5.41) is 2.42. The largest absolute Gasteiger partial charge is 0.379 e. The number of benzene rings is 2. The van der Waals surface area contributed by atoms with Crippen molar-refractivity contribution >= 4 is 44.2 Å². The van der Waals surface area contributed by atoms with E-state index in [-0.39, 0.29) is 11.7 Å². The van der Waals surface area contributed by atoms with Crippen LogP contribution in [0.4, 0.5) is 0 Å². The van der Waals surface area contributed by atoms with Crippen LogP contribution in [0.25, 0.3) is 21.1 Å². The van der Waals surface area contributed by atoms with E-state index in [1.54, 1.807) is 27.7 Å². The normalized spacial score (nSPS) is 11.7. The molecular formula is C22H23N3O2S2. The van der Waals surface area contributed by atoms with Gasteiger partial charge >= 0.3 is 0 Å². The molecule has 0 unspecified atom stereocenters. The van der Waals surface area contributed by atoms with Crippen molar-refractivity contribution in [1.29, 1.82) is 0 Å². The standard InChI is InChI=1S/C22H23N3O2S2/c1-15(2)27-13-7-12-25-21(26)16-8-3-4-9-17(16)24-22(25)28-14-20-23-18-10-5-6-11-19(18)29-20/h3-6,8-11,15H,7,12-14H2,1-2H3. The molecule has 5 nitrogen and oxygen atoms in total. The van der Waals surface area contributed by atoms with Gasteiger partial charge in [-0.15, -0.1) is 11.3 Å². The molecule has 4 rings (SSSR count). The van der Waals surface area contributed by atoms with Crippen molar-refractivity contribution < 1.29 is 4.74 Å². The van der Waals surface area contributed by atoms with Crippen molar-refractivity contribution in [3.05, 3.63) is 63.9 Å². The van der Waals surface area contributed by atoms with Gasteiger partial charge in [0.15, 0.2) is 5.16 Å². The Bertz CT molecular complexity index is 1150. The number of para-hydroxylation sites is 2. The van der Waals surface area contributed by atoms with Crippen LogP contribution in [0.1, 0.15) is 25.3 Å². The van der Waals surface area contributed by atoms with E-state index in [9.17, 15) is 4.79 Å². The molecule has 0 spiro atoms. The van der Waals surface area contributed by atoms with Crippen molar-refractivity contribution in [2.75, 3.05) is 6.61 Å². The number of hydrogen-bond donors (Lipinski definition) is 0. The maximum Gasteiger partial charge on any atom is 0.262 e. The molecule has 0 amide bonds. The number of thiazole rings is 1. The third kappa shape index (κ3) is 4.69. The SMILES string of the molecule is CC(C)OCCCn1c(SCc2nc3ccccc3s2)nc2ccccc2c1=O. The number of thioether (sulfide) groups is 1. The van der Waals surface area contributed by atoms with Crippen LogP contribution in [-0.4, -0.2) is 27.2 Å². The van der Waals surface area contributed by atoms with Crippen molar-refractivity contribution in [2.24, 2.45) is 0 Å². The van der Waals surface area contributed by atoms with Crippen LogP contribution in [0.2, 0.25) is 0 Å². The second-order valence-corrected chi connectivity index (χ2v) is 9.06. The first-order valence-electron chi connectivity index (χ1n) is 9.70. The van der Waals surface area contributed by atoms with E-state index in [0.717, 1.165) is 27.6 Å². The summed E-state index contributed by atoms with van der Waals surface area (Å²) in [4.78, 5) is 22.6. The Labute approximate surface area is 177 Å². The Kier molecular flexibility index (Phi) is 6.28. The van der Waals surface area contributed by atoms with Gasteiger partial charge in [-0.1, -0.05) is 36.0 Å². The molecule has 2 aromatic heterocycles. The highest BCUT2D eigenvalue weighted by molar-refractivity contribution is 7.98. The Morgan fingerprint density at radius 2 is 1.83 bits per heavy atom. The lowest BCUT2D eigenvalue weighted by atomic mass is 10.2. The molecule has 0 N–H and O–H groups in total. The van der Waals surface area contributed by atoms with Gasteiger partial charge in [0, 0.05) is 13.2 Å². The maximum atomic E-state index is 13.1. The van der Waals surface area contributed by atoms with Crippen molar-refractivity contribution in [3.63, 3.8) is 0 Å². The summed E-state index contributed by atoms with van der Waals surface area (Å²) in [5.41, 5.74) is 1.76. The zero-order valence-electron chi connectivity index (χ0n) is 16.5. The number of fused-ring (bicyclic) bond motifs is 2. The molecule has 0 bridgehead atoms. The van der Waals surface area contributed by atoms with Crippen LogP contribution in [0.5, 0.6) is 0 Å². The number of rotatable bonds is 8. The topological polar surface area (TPSA) is 57.0 Å². The van der Waals surface area contributed by atoms with Crippen LogP contribution in [0.3, 0.4) is 0 Å².